The van der Waals surface area contributed by atoms with Gasteiger partial charge in [0.25, 0.3) is 0 Å². The van der Waals surface area contributed by atoms with E-state index in [2.05, 4.69) is 15.9 Å². The minimum atomic E-state index is -0.180. The maximum atomic E-state index is 13.0. The molecular formula is C9H8BrF. The summed E-state index contributed by atoms with van der Waals surface area (Å²) in [5.74, 6) is -0.180. The van der Waals surface area contributed by atoms with Crippen LogP contribution in [0.5, 0.6) is 0 Å². The maximum Gasteiger partial charge on any atom is 0.130 e. The van der Waals surface area contributed by atoms with Crippen LogP contribution in [0.1, 0.15) is 12.5 Å². The van der Waals surface area contributed by atoms with Crippen molar-refractivity contribution in [3.8, 4) is 0 Å². The number of allylic oxidation sites excluding steroid dienone is 1. The van der Waals surface area contributed by atoms with Gasteiger partial charge in [0.1, 0.15) is 5.82 Å². The van der Waals surface area contributed by atoms with E-state index in [-0.39, 0.29) is 5.82 Å². The van der Waals surface area contributed by atoms with Crippen molar-refractivity contribution in [3.05, 3.63) is 40.6 Å². The van der Waals surface area contributed by atoms with Crippen LogP contribution in [0.15, 0.2) is 29.3 Å². The van der Waals surface area contributed by atoms with E-state index >= 15 is 0 Å². The van der Waals surface area contributed by atoms with Gasteiger partial charge >= 0.3 is 0 Å². The first-order chi connectivity index (χ1) is 5.25. The Labute approximate surface area is 73.9 Å². The van der Waals surface area contributed by atoms with Gasteiger partial charge in [-0.1, -0.05) is 34.1 Å². The molecule has 1 aromatic rings. The lowest BCUT2D eigenvalue weighted by molar-refractivity contribution is 0.624. The fourth-order valence-corrected chi connectivity index (χ4v) is 1.09. The van der Waals surface area contributed by atoms with E-state index in [1.54, 1.807) is 17.1 Å². The van der Waals surface area contributed by atoms with Crippen LogP contribution in [0.3, 0.4) is 0 Å². The van der Waals surface area contributed by atoms with Crippen LogP contribution in [0.2, 0.25) is 0 Å². The molecule has 0 N–H and O–H groups in total. The fraction of sp³-hybridized carbons (Fsp3) is 0.111. The molecule has 58 valence electrons. The third-order valence-corrected chi connectivity index (χ3v) is 2.15. The highest BCUT2D eigenvalue weighted by molar-refractivity contribution is 9.11. The van der Waals surface area contributed by atoms with Crippen LogP contribution >= 0.6 is 15.9 Å². The van der Waals surface area contributed by atoms with Gasteiger partial charge in [-0.25, -0.2) is 4.39 Å². The average Bonchev–Trinajstić information content (AvgIpc) is 2.04. The zero-order valence-electron chi connectivity index (χ0n) is 6.14. The van der Waals surface area contributed by atoms with Crippen LogP contribution in [-0.4, -0.2) is 0 Å². The number of hydrogen-bond acceptors (Lipinski definition) is 0. The van der Waals surface area contributed by atoms with Crippen molar-refractivity contribution in [2.75, 3.05) is 0 Å². The summed E-state index contributed by atoms with van der Waals surface area (Å²) in [6.45, 7) is 1.85. The van der Waals surface area contributed by atoms with Crippen molar-refractivity contribution in [1.82, 2.24) is 0 Å². The van der Waals surface area contributed by atoms with Crippen molar-refractivity contribution in [2.45, 2.75) is 6.92 Å². The smallest absolute Gasteiger partial charge is 0.130 e. The fourth-order valence-electron chi connectivity index (χ4n) is 0.840. The van der Waals surface area contributed by atoms with E-state index in [0.29, 0.717) is 5.56 Å². The summed E-state index contributed by atoms with van der Waals surface area (Å²) in [7, 11) is 0. The van der Waals surface area contributed by atoms with Gasteiger partial charge in [-0.2, -0.15) is 0 Å². The summed E-state index contributed by atoms with van der Waals surface area (Å²) < 4.78 is 13.0. The summed E-state index contributed by atoms with van der Waals surface area (Å²) in [5.41, 5.74) is 1.53. The molecule has 2 heteroatoms. The van der Waals surface area contributed by atoms with Crippen molar-refractivity contribution in [3.63, 3.8) is 0 Å². The molecule has 1 rings (SSSR count). The Morgan fingerprint density at radius 2 is 2.09 bits per heavy atom. The van der Waals surface area contributed by atoms with Crippen molar-refractivity contribution < 1.29 is 4.39 Å². The lowest BCUT2D eigenvalue weighted by Crippen LogP contribution is -1.83. The van der Waals surface area contributed by atoms with Gasteiger partial charge in [0, 0.05) is 5.56 Å². The second kappa shape index (κ2) is 3.67. The van der Waals surface area contributed by atoms with Gasteiger partial charge in [0.15, 0.2) is 0 Å². The molecule has 0 radical (unpaired) electrons. The number of halogens is 2. The lowest BCUT2D eigenvalue weighted by atomic mass is 10.1. The van der Waals surface area contributed by atoms with E-state index in [9.17, 15) is 4.39 Å². The molecule has 0 amide bonds. The van der Waals surface area contributed by atoms with E-state index < -0.39 is 0 Å². The number of rotatable bonds is 1. The molecule has 0 heterocycles. The molecule has 1 aromatic carbocycles. The monoisotopic (exact) mass is 214 g/mol. The van der Waals surface area contributed by atoms with Gasteiger partial charge in [-0.15, -0.1) is 0 Å². The molecular weight excluding hydrogens is 207 g/mol. The second-order valence-corrected chi connectivity index (χ2v) is 2.73. The largest absolute Gasteiger partial charge is 0.206 e. The molecule has 0 bridgehead atoms. The quantitative estimate of drug-likeness (QED) is 0.671. The highest BCUT2D eigenvalue weighted by Crippen LogP contribution is 2.17. The van der Waals surface area contributed by atoms with Crippen LogP contribution in [-0.2, 0) is 0 Å². The molecule has 0 saturated heterocycles. The first kappa shape index (κ1) is 8.47. The summed E-state index contributed by atoms with van der Waals surface area (Å²) in [6.07, 6.45) is 0. The molecule has 0 saturated carbocycles. The second-order valence-electron chi connectivity index (χ2n) is 2.27. The van der Waals surface area contributed by atoms with Gasteiger partial charge in [-0.05, 0) is 23.5 Å². The first-order valence-corrected chi connectivity index (χ1v) is 4.19. The minimum Gasteiger partial charge on any atom is -0.206 e. The molecule has 0 aliphatic rings. The van der Waals surface area contributed by atoms with Crippen LogP contribution in [0.25, 0.3) is 5.57 Å². The summed E-state index contributed by atoms with van der Waals surface area (Å²) in [4.78, 5) is 1.71. The third kappa shape index (κ3) is 1.90. The van der Waals surface area contributed by atoms with Crippen molar-refractivity contribution in [1.29, 1.82) is 0 Å². The predicted molar refractivity (Wildman–Crippen MR) is 49.0 cm³/mol. The zero-order valence-corrected chi connectivity index (χ0v) is 7.73. The summed E-state index contributed by atoms with van der Waals surface area (Å²) in [5, 5.41) is 0. The van der Waals surface area contributed by atoms with Gasteiger partial charge in [-0.3, -0.25) is 0 Å². The Hall–Kier alpha value is -0.630. The minimum absolute atomic E-state index is 0.180. The topological polar surface area (TPSA) is 0 Å². The maximum absolute atomic E-state index is 13.0. The predicted octanol–water partition coefficient (Wildman–Crippen LogP) is 3.58. The van der Waals surface area contributed by atoms with E-state index in [0.717, 1.165) is 5.57 Å². The van der Waals surface area contributed by atoms with Gasteiger partial charge < -0.3 is 0 Å². The molecule has 0 aliphatic carbocycles. The standard InChI is InChI=1S/C9H8BrF/c1-7(6-10)8-4-2-3-5-9(8)11/h2-6H,1H3/b7-6+. The van der Waals surface area contributed by atoms with Crippen LogP contribution < -0.4 is 0 Å². The van der Waals surface area contributed by atoms with Crippen LogP contribution in [0, 0.1) is 5.82 Å². The number of benzene rings is 1. The van der Waals surface area contributed by atoms with Gasteiger partial charge in [0.05, 0.1) is 0 Å². The Balaban J connectivity index is 3.14. The average molecular weight is 215 g/mol. The molecule has 0 aliphatic heterocycles. The highest BCUT2D eigenvalue weighted by atomic mass is 79.9. The number of hydrogen-bond donors (Lipinski definition) is 0. The van der Waals surface area contributed by atoms with E-state index in [1.165, 1.54) is 6.07 Å². The van der Waals surface area contributed by atoms with Crippen molar-refractivity contribution >= 4 is 21.5 Å². The molecule has 0 nitrogen and oxygen atoms in total. The van der Waals surface area contributed by atoms with Crippen molar-refractivity contribution in [2.24, 2.45) is 0 Å². The Kier molecular flexibility index (Phi) is 2.83. The Bertz CT molecular complexity index is 279. The summed E-state index contributed by atoms with van der Waals surface area (Å²) >= 11 is 3.16. The SMILES string of the molecule is C/C(=C\Br)c1ccccc1F. The molecule has 0 fully saturated rings. The van der Waals surface area contributed by atoms with E-state index in [1.807, 2.05) is 13.0 Å². The molecule has 0 aromatic heterocycles. The first-order valence-electron chi connectivity index (χ1n) is 3.27. The molecule has 0 unspecified atom stereocenters. The summed E-state index contributed by atoms with van der Waals surface area (Å²) in [6, 6.07) is 6.70. The van der Waals surface area contributed by atoms with E-state index in [4.69, 9.17) is 0 Å². The molecule has 0 spiro atoms. The molecule has 0 atom stereocenters. The molecule has 11 heavy (non-hydrogen) atoms. The highest BCUT2D eigenvalue weighted by Gasteiger charge is 2.00. The van der Waals surface area contributed by atoms with Gasteiger partial charge in [0.2, 0.25) is 0 Å². The normalized spacial score (nSPS) is 11.7. The van der Waals surface area contributed by atoms with Crippen LogP contribution in [0.4, 0.5) is 4.39 Å². The Morgan fingerprint density at radius 1 is 1.45 bits per heavy atom. The lowest BCUT2D eigenvalue weighted by Gasteiger charge is -1.99. The third-order valence-electron chi connectivity index (χ3n) is 1.46. The zero-order chi connectivity index (χ0) is 8.27. The Morgan fingerprint density at radius 3 is 2.64 bits per heavy atom.